The Morgan fingerprint density at radius 2 is 2.06 bits per heavy atom. The molecule has 1 aromatic heterocycles. The highest BCUT2D eigenvalue weighted by atomic mass is 16.4. The van der Waals surface area contributed by atoms with Gasteiger partial charge in [0.15, 0.2) is 0 Å². The first-order valence-corrected chi connectivity index (χ1v) is 5.97. The van der Waals surface area contributed by atoms with Gasteiger partial charge in [0.25, 0.3) is 0 Å². The van der Waals surface area contributed by atoms with E-state index in [2.05, 4.69) is 4.98 Å². The quantitative estimate of drug-likeness (QED) is 0.778. The predicted molar refractivity (Wildman–Crippen MR) is 70.4 cm³/mol. The first-order chi connectivity index (χ1) is 8.47. The smallest absolute Gasteiger partial charge is 0.317 e. The van der Waals surface area contributed by atoms with E-state index in [0.717, 1.165) is 24.2 Å². The number of rotatable bonds is 7. The highest BCUT2D eigenvalue weighted by Gasteiger charge is 2.10. The van der Waals surface area contributed by atoms with Crippen LogP contribution in [0.25, 0.3) is 0 Å². The fourth-order valence-corrected chi connectivity index (χ4v) is 1.71. The Balaban J connectivity index is 2.62. The number of carboxylic acids is 1. The van der Waals surface area contributed by atoms with Crippen molar-refractivity contribution in [3.8, 4) is 0 Å². The third-order valence-corrected chi connectivity index (χ3v) is 2.56. The maximum atomic E-state index is 10.8. The summed E-state index contributed by atoms with van der Waals surface area (Å²) in [6.45, 7) is 4.23. The largest absolute Gasteiger partial charge is 0.480 e. The lowest BCUT2D eigenvalue weighted by Crippen LogP contribution is -2.35. The van der Waals surface area contributed by atoms with Crippen molar-refractivity contribution in [3.63, 3.8) is 0 Å². The van der Waals surface area contributed by atoms with Crippen LogP contribution < -0.4 is 0 Å². The number of aromatic nitrogens is 1. The Morgan fingerprint density at radius 1 is 1.33 bits per heavy atom. The molecule has 5 nitrogen and oxygen atoms in total. The molecule has 0 atom stereocenters. The minimum Gasteiger partial charge on any atom is -0.480 e. The molecule has 0 aromatic carbocycles. The highest BCUT2D eigenvalue weighted by molar-refractivity contribution is 5.69. The first-order valence-electron chi connectivity index (χ1n) is 5.97. The van der Waals surface area contributed by atoms with Crippen LogP contribution >= 0.6 is 0 Å². The summed E-state index contributed by atoms with van der Waals surface area (Å²) in [7, 11) is 3.96. The van der Waals surface area contributed by atoms with Crippen LogP contribution in [0.5, 0.6) is 0 Å². The molecule has 0 spiro atoms. The van der Waals surface area contributed by atoms with Crippen molar-refractivity contribution < 1.29 is 9.90 Å². The van der Waals surface area contributed by atoms with Crippen LogP contribution in [0.15, 0.2) is 18.5 Å². The number of hydrogen-bond donors (Lipinski definition) is 1. The summed E-state index contributed by atoms with van der Waals surface area (Å²) in [6, 6.07) is 2.04. The summed E-state index contributed by atoms with van der Waals surface area (Å²) >= 11 is 0. The lowest BCUT2D eigenvalue weighted by Gasteiger charge is -2.22. The molecular weight excluding hydrogens is 230 g/mol. The predicted octanol–water partition coefficient (Wildman–Crippen LogP) is 0.838. The molecule has 1 aromatic rings. The van der Waals surface area contributed by atoms with Crippen LogP contribution in [-0.4, -0.2) is 59.6 Å². The summed E-state index contributed by atoms with van der Waals surface area (Å²) in [4.78, 5) is 18.9. The fourth-order valence-electron chi connectivity index (χ4n) is 1.71. The molecule has 0 saturated heterocycles. The average Bonchev–Trinajstić information content (AvgIpc) is 2.25. The van der Waals surface area contributed by atoms with Gasteiger partial charge in [-0.2, -0.15) is 0 Å². The van der Waals surface area contributed by atoms with E-state index in [1.165, 1.54) is 0 Å². The van der Waals surface area contributed by atoms with Crippen LogP contribution in [0.2, 0.25) is 0 Å². The average molecular weight is 251 g/mol. The van der Waals surface area contributed by atoms with Gasteiger partial charge in [0.1, 0.15) is 0 Å². The molecule has 0 radical (unpaired) electrons. The second kappa shape index (κ2) is 7.08. The lowest BCUT2D eigenvalue weighted by atomic mass is 10.2. The molecule has 0 aliphatic heterocycles. The second-order valence-corrected chi connectivity index (χ2v) is 4.78. The molecule has 1 rings (SSSR count). The molecule has 100 valence electrons. The van der Waals surface area contributed by atoms with Crippen LogP contribution in [0.3, 0.4) is 0 Å². The van der Waals surface area contributed by atoms with Crippen molar-refractivity contribution in [2.24, 2.45) is 0 Å². The van der Waals surface area contributed by atoms with Crippen LogP contribution in [0.1, 0.15) is 11.1 Å². The highest BCUT2D eigenvalue weighted by Crippen LogP contribution is 2.05. The minimum atomic E-state index is -0.797. The standard InChI is InChI=1S/C13H21N3O2/c1-11-6-12(8-14-7-11)9-16(10-13(17)18)5-4-15(2)3/h6-8H,4-5,9-10H2,1-3H3,(H,17,18). The van der Waals surface area contributed by atoms with E-state index < -0.39 is 5.97 Å². The van der Waals surface area contributed by atoms with Gasteiger partial charge in [0, 0.05) is 32.0 Å². The van der Waals surface area contributed by atoms with E-state index in [1.54, 1.807) is 12.4 Å². The molecule has 0 amide bonds. The van der Waals surface area contributed by atoms with E-state index in [0.29, 0.717) is 6.54 Å². The van der Waals surface area contributed by atoms with Crippen molar-refractivity contribution in [1.82, 2.24) is 14.8 Å². The van der Waals surface area contributed by atoms with Gasteiger partial charge in [-0.15, -0.1) is 0 Å². The fraction of sp³-hybridized carbons (Fsp3) is 0.538. The molecule has 0 unspecified atom stereocenters. The normalized spacial score (nSPS) is 11.2. The molecule has 1 heterocycles. The van der Waals surface area contributed by atoms with E-state index in [1.807, 2.05) is 36.9 Å². The minimum absolute atomic E-state index is 0.0573. The van der Waals surface area contributed by atoms with E-state index >= 15 is 0 Å². The molecular formula is C13H21N3O2. The molecule has 1 N–H and O–H groups in total. The van der Waals surface area contributed by atoms with Crippen LogP contribution in [-0.2, 0) is 11.3 Å². The summed E-state index contributed by atoms with van der Waals surface area (Å²) in [5, 5.41) is 8.91. The number of carbonyl (C=O) groups is 1. The van der Waals surface area contributed by atoms with Crippen molar-refractivity contribution in [2.45, 2.75) is 13.5 Å². The lowest BCUT2D eigenvalue weighted by molar-refractivity contribution is -0.138. The monoisotopic (exact) mass is 251 g/mol. The zero-order chi connectivity index (χ0) is 13.5. The number of aliphatic carboxylic acids is 1. The third-order valence-electron chi connectivity index (χ3n) is 2.56. The number of pyridine rings is 1. The van der Waals surface area contributed by atoms with Gasteiger partial charge in [-0.25, -0.2) is 0 Å². The third kappa shape index (κ3) is 5.75. The van der Waals surface area contributed by atoms with Gasteiger partial charge >= 0.3 is 5.97 Å². The molecule has 0 saturated carbocycles. The summed E-state index contributed by atoms with van der Waals surface area (Å²) in [5.41, 5.74) is 2.14. The van der Waals surface area contributed by atoms with E-state index in [4.69, 9.17) is 5.11 Å². The SMILES string of the molecule is Cc1cncc(CN(CCN(C)C)CC(=O)O)c1. The van der Waals surface area contributed by atoms with Crippen molar-refractivity contribution in [2.75, 3.05) is 33.7 Å². The van der Waals surface area contributed by atoms with Gasteiger partial charge in [0.2, 0.25) is 0 Å². The number of carboxylic acid groups (broad SMARTS) is 1. The molecule has 0 aliphatic carbocycles. The summed E-state index contributed by atoms with van der Waals surface area (Å²) in [5.74, 6) is -0.797. The molecule has 5 heteroatoms. The maximum absolute atomic E-state index is 10.8. The van der Waals surface area contributed by atoms with Gasteiger partial charge in [-0.05, 0) is 32.1 Å². The van der Waals surface area contributed by atoms with Crippen molar-refractivity contribution in [3.05, 3.63) is 29.6 Å². The zero-order valence-corrected chi connectivity index (χ0v) is 11.3. The number of likely N-dealkylation sites (N-methyl/N-ethyl adjacent to an activating group) is 1. The molecule has 18 heavy (non-hydrogen) atoms. The Labute approximate surface area is 108 Å². The van der Waals surface area contributed by atoms with E-state index in [9.17, 15) is 4.79 Å². The topological polar surface area (TPSA) is 56.7 Å². The Hall–Kier alpha value is -1.46. The van der Waals surface area contributed by atoms with Crippen molar-refractivity contribution >= 4 is 5.97 Å². The second-order valence-electron chi connectivity index (χ2n) is 4.78. The van der Waals surface area contributed by atoms with Crippen LogP contribution in [0.4, 0.5) is 0 Å². The number of hydrogen-bond acceptors (Lipinski definition) is 4. The van der Waals surface area contributed by atoms with Gasteiger partial charge in [0.05, 0.1) is 6.54 Å². The molecule has 0 aliphatic rings. The van der Waals surface area contributed by atoms with E-state index in [-0.39, 0.29) is 6.54 Å². The maximum Gasteiger partial charge on any atom is 0.317 e. The molecule has 0 fully saturated rings. The Kier molecular flexibility index (Phi) is 5.74. The molecule has 0 bridgehead atoms. The Bertz CT molecular complexity index is 394. The van der Waals surface area contributed by atoms with Gasteiger partial charge in [-0.1, -0.05) is 6.07 Å². The van der Waals surface area contributed by atoms with Crippen LogP contribution in [0, 0.1) is 6.92 Å². The Morgan fingerprint density at radius 3 is 2.61 bits per heavy atom. The zero-order valence-electron chi connectivity index (χ0n) is 11.3. The summed E-state index contributed by atoms with van der Waals surface area (Å²) < 4.78 is 0. The number of aryl methyl sites for hydroxylation is 1. The summed E-state index contributed by atoms with van der Waals surface area (Å²) in [6.07, 6.45) is 3.59. The van der Waals surface area contributed by atoms with Gasteiger partial charge in [-0.3, -0.25) is 14.7 Å². The first kappa shape index (κ1) is 14.6. The van der Waals surface area contributed by atoms with Crippen molar-refractivity contribution in [1.29, 1.82) is 0 Å². The number of nitrogens with zero attached hydrogens (tertiary/aromatic N) is 3. The van der Waals surface area contributed by atoms with Gasteiger partial charge < -0.3 is 10.0 Å².